The topological polar surface area (TPSA) is 48.0 Å². The molecule has 1 aromatic rings. The van der Waals surface area contributed by atoms with Crippen LogP contribution in [0.15, 0.2) is 18.2 Å². The summed E-state index contributed by atoms with van der Waals surface area (Å²) >= 11 is 0. The number of morpholine rings is 1. The molecule has 0 aliphatic carbocycles. The Balaban J connectivity index is 1.73. The van der Waals surface area contributed by atoms with E-state index < -0.39 is 0 Å². The van der Waals surface area contributed by atoms with Crippen LogP contribution in [0.5, 0.6) is 11.5 Å². The van der Waals surface area contributed by atoms with Crippen LogP contribution in [0.2, 0.25) is 0 Å². The summed E-state index contributed by atoms with van der Waals surface area (Å²) in [7, 11) is 1.59. The van der Waals surface area contributed by atoms with E-state index >= 15 is 0 Å². The first-order valence-electron chi connectivity index (χ1n) is 8.69. The van der Waals surface area contributed by atoms with Crippen molar-refractivity contribution in [1.29, 1.82) is 0 Å². The number of methoxy groups -OCH3 is 1. The van der Waals surface area contributed by atoms with Gasteiger partial charge in [-0.2, -0.15) is 0 Å². The highest BCUT2D eigenvalue weighted by Crippen LogP contribution is 2.28. The molecule has 5 heteroatoms. The number of unbranched alkanes of at least 4 members (excludes halogenated alkanes) is 1. The van der Waals surface area contributed by atoms with Crippen LogP contribution in [0.1, 0.15) is 44.0 Å². The summed E-state index contributed by atoms with van der Waals surface area (Å²) in [5, 5.41) is 0. The van der Waals surface area contributed by atoms with E-state index in [1.807, 2.05) is 0 Å². The van der Waals surface area contributed by atoms with E-state index in [2.05, 4.69) is 18.7 Å². The van der Waals surface area contributed by atoms with Gasteiger partial charge in [0.2, 0.25) is 0 Å². The number of carbonyl (C=O) groups excluding carboxylic acids is 1. The van der Waals surface area contributed by atoms with Gasteiger partial charge in [0, 0.05) is 18.7 Å². The van der Waals surface area contributed by atoms with Crippen molar-refractivity contribution >= 4 is 5.78 Å². The van der Waals surface area contributed by atoms with Gasteiger partial charge in [-0.25, -0.2) is 0 Å². The van der Waals surface area contributed by atoms with Gasteiger partial charge < -0.3 is 14.2 Å². The predicted molar refractivity (Wildman–Crippen MR) is 94.2 cm³/mol. The highest BCUT2D eigenvalue weighted by Gasteiger charge is 2.21. The molecule has 0 saturated carbocycles. The molecular formula is C19H29NO4. The fourth-order valence-corrected chi connectivity index (χ4v) is 3.09. The van der Waals surface area contributed by atoms with Crippen LogP contribution >= 0.6 is 0 Å². The Hall–Kier alpha value is -1.59. The maximum absolute atomic E-state index is 11.4. The normalized spacial score (nSPS) is 21.5. The van der Waals surface area contributed by atoms with E-state index in [-0.39, 0.29) is 5.78 Å². The molecule has 0 aromatic heterocycles. The molecule has 0 amide bonds. The van der Waals surface area contributed by atoms with Crippen molar-refractivity contribution in [3.8, 4) is 11.5 Å². The van der Waals surface area contributed by atoms with Crippen LogP contribution in [0.4, 0.5) is 0 Å². The molecule has 134 valence electrons. The quantitative estimate of drug-likeness (QED) is 0.539. The number of hydrogen-bond donors (Lipinski definition) is 0. The smallest absolute Gasteiger partial charge is 0.161 e. The number of hydrogen-bond acceptors (Lipinski definition) is 5. The number of carbonyl (C=O) groups is 1. The molecule has 0 spiro atoms. The lowest BCUT2D eigenvalue weighted by Crippen LogP contribution is -2.45. The van der Waals surface area contributed by atoms with Gasteiger partial charge in [0.05, 0.1) is 25.9 Å². The molecule has 1 aliphatic rings. The van der Waals surface area contributed by atoms with Crippen molar-refractivity contribution in [3.05, 3.63) is 23.8 Å². The molecule has 1 aliphatic heterocycles. The Morgan fingerprint density at radius 3 is 2.54 bits per heavy atom. The lowest BCUT2D eigenvalue weighted by atomic mass is 10.1. The maximum Gasteiger partial charge on any atom is 0.161 e. The second kappa shape index (κ2) is 9.04. The Labute approximate surface area is 144 Å². The molecule has 0 N–H and O–H groups in total. The molecule has 1 fully saturated rings. The van der Waals surface area contributed by atoms with Gasteiger partial charge in [0.1, 0.15) is 0 Å². The average molecular weight is 335 g/mol. The van der Waals surface area contributed by atoms with E-state index in [9.17, 15) is 4.79 Å². The van der Waals surface area contributed by atoms with Crippen molar-refractivity contribution in [2.45, 2.75) is 45.8 Å². The van der Waals surface area contributed by atoms with E-state index in [1.165, 1.54) is 0 Å². The van der Waals surface area contributed by atoms with Gasteiger partial charge in [0.15, 0.2) is 17.3 Å². The summed E-state index contributed by atoms with van der Waals surface area (Å²) in [6, 6.07) is 5.31. The van der Waals surface area contributed by atoms with Gasteiger partial charge in [0.25, 0.3) is 0 Å². The number of Topliss-reactive ketones (excluding diaryl/α,β-unsaturated/α-hetero) is 1. The highest BCUT2D eigenvalue weighted by atomic mass is 16.5. The zero-order valence-corrected chi connectivity index (χ0v) is 15.2. The van der Waals surface area contributed by atoms with Crippen molar-refractivity contribution in [2.75, 3.05) is 33.4 Å². The number of nitrogens with zero attached hydrogens (tertiary/aromatic N) is 1. The van der Waals surface area contributed by atoms with Crippen LogP contribution < -0.4 is 9.47 Å². The Morgan fingerprint density at radius 2 is 1.92 bits per heavy atom. The fraction of sp³-hybridized carbons (Fsp3) is 0.632. The van der Waals surface area contributed by atoms with Crippen LogP contribution in [-0.4, -0.2) is 56.2 Å². The Kier molecular flexibility index (Phi) is 7.06. The predicted octanol–water partition coefficient (Wildman–Crippen LogP) is 3.17. The lowest BCUT2D eigenvalue weighted by molar-refractivity contribution is -0.0682. The Bertz CT molecular complexity index is 536. The third-order valence-electron chi connectivity index (χ3n) is 4.19. The van der Waals surface area contributed by atoms with Gasteiger partial charge in [-0.15, -0.1) is 0 Å². The number of ketones is 1. The molecule has 5 nitrogen and oxygen atoms in total. The van der Waals surface area contributed by atoms with E-state index in [0.717, 1.165) is 32.5 Å². The van der Waals surface area contributed by atoms with Crippen molar-refractivity contribution < 1.29 is 19.0 Å². The Morgan fingerprint density at radius 1 is 1.21 bits per heavy atom. The van der Waals surface area contributed by atoms with Crippen molar-refractivity contribution in [2.24, 2.45) is 0 Å². The molecule has 0 bridgehead atoms. The SMILES string of the molecule is COc1cc(C(C)=O)ccc1OCCCCN1CC(C)OC(C)C1. The van der Waals surface area contributed by atoms with Gasteiger partial charge in [-0.3, -0.25) is 9.69 Å². The first kappa shape index (κ1) is 18.7. The summed E-state index contributed by atoms with van der Waals surface area (Å²) in [4.78, 5) is 13.9. The van der Waals surface area contributed by atoms with Gasteiger partial charge in [-0.1, -0.05) is 0 Å². The molecule has 2 rings (SSSR count). The first-order valence-corrected chi connectivity index (χ1v) is 8.69. The summed E-state index contributed by atoms with van der Waals surface area (Å²) in [6.07, 6.45) is 2.70. The standard InChI is InChI=1S/C19H29NO4/c1-14-12-20(13-15(2)24-14)9-5-6-10-23-18-8-7-17(16(3)21)11-19(18)22-4/h7-8,11,14-15H,5-6,9-10,12-13H2,1-4H3. The molecule has 1 aromatic carbocycles. The van der Waals surface area contributed by atoms with Crippen molar-refractivity contribution in [3.63, 3.8) is 0 Å². The minimum absolute atomic E-state index is 0.0221. The minimum Gasteiger partial charge on any atom is -0.493 e. The van der Waals surface area contributed by atoms with Gasteiger partial charge >= 0.3 is 0 Å². The van der Waals surface area contributed by atoms with Crippen LogP contribution in [0, 0.1) is 0 Å². The van der Waals surface area contributed by atoms with Crippen molar-refractivity contribution in [1.82, 2.24) is 4.90 Å². The number of rotatable bonds is 8. The van der Waals surface area contributed by atoms with E-state index in [1.54, 1.807) is 32.2 Å². The number of ether oxygens (including phenoxy) is 3. The summed E-state index contributed by atoms with van der Waals surface area (Å²) in [6.45, 7) is 9.53. The largest absolute Gasteiger partial charge is 0.493 e. The monoisotopic (exact) mass is 335 g/mol. The van der Waals surface area contributed by atoms with Crippen LogP contribution in [0.3, 0.4) is 0 Å². The van der Waals surface area contributed by atoms with Gasteiger partial charge in [-0.05, 0) is 58.4 Å². The van der Waals surface area contributed by atoms with E-state index in [0.29, 0.717) is 35.9 Å². The summed E-state index contributed by atoms with van der Waals surface area (Å²) in [5.74, 6) is 1.32. The zero-order valence-electron chi connectivity index (χ0n) is 15.2. The first-order chi connectivity index (χ1) is 11.5. The molecule has 0 radical (unpaired) electrons. The second-order valence-corrected chi connectivity index (χ2v) is 6.49. The second-order valence-electron chi connectivity index (χ2n) is 6.49. The number of benzene rings is 1. The molecule has 1 saturated heterocycles. The molecular weight excluding hydrogens is 306 g/mol. The molecule has 2 unspecified atom stereocenters. The average Bonchev–Trinajstić information content (AvgIpc) is 2.53. The zero-order chi connectivity index (χ0) is 17.5. The molecule has 1 heterocycles. The van der Waals surface area contributed by atoms with Crippen LogP contribution in [-0.2, 0) is 4.74 Å². The molecule has 24 heavy (non-hydrogen) atoms. The fourth-order valence-electron chi connectivity index (χ4n) is 3.09. The third kappa shape index (κ3) is 5.49. The van der Waals surface area contributed by atoms with Crippen LogP contribution in [0.25, 0.3) is 0 Å². The van der Waals surface area contributed by atoms with E-state index in [4.69, 9.17) is 14.2 Å². The highest BCUT2D eigenvalue weighted by molar-refractivity contribution is 5.94. The molecule has 2 atom stereocenters. The minimum atomic E-state index is 0.0221. The maximum atomic E-state index is 11.4. The third-order valence-corrected chi connectivity index (χ3v) is 4.19. The lowest BCUT2D eigenvalue weighted by Gasteiger charge is -2.35. The summed E-state index contributed by atoms with van der Waals surface area (Å²) in [5.41, 5.74) is 0.634. The summed E-state index contributed by atoms with van der Waals surface area (Å²) < 4.78 is 16.9.